The van der Waals surface area contributed by atoms with Crippen LogP contribution in [-0.2, 0) is 14.3 Å². The van der Waals surface area contributed by atoms with E-state index in [-0.39, 0.29) is 17.9 Å². The van der Waals surface area contributed by atoms with E-state index in [1.807, 2.05) is 11.8 Å². The van der Waals surface area contributed by atoms with Crippen molar-refractivity contribution in [2.24, 2.45) is 4.99 Å². The second-order valence-electron chi connectivity index (χ2n) is 6.61. The Balaban J connectivity index is 1.99. The summed E-state index contributed by atoms with van der Waals surface area (Å²) in [6, 6.07) is -0.834. The highest BCUT2D eigenvalue weighted by Crippen LogP contribution is 2.22. The van der Waals surface area contributed by atoms with Crippen LogP contribution in [0.5, 0.6) is 0 Å². The monoisotopic (exact) mass is 352 g/mol. The minimum atomic E-state index is -0.487. The third-order valence-corrected chi connectivity index (χ3v) is 5.17. The van der Waals surface area contributed by atoms with Gasteiger partial charge >= 0.3 is 0 Å². The largest absolute Gasteiger partial charge is 0.478 e. The van der Waals surface area contributed by atoms with Crippen LogP contribution in [0.2, 0.25) is 0 Å². The number of likely N-dealkylation sites (N-methyl/N-ethyl adjacent to an activating group) is 2. The maximum atomic E-state index is 13.0. The van der Waals surface area contributed by atoms with E-state index in [1.165, 1.54) is 0 Å². The van der Waals surface area contributed by atoms with Crippen molar-refractivity contribution >= 4 is 17.7 Å². The number of hydrogen-bond donors (Lipinski definition) is 0. The average Bonchev–Trinajstić information content (AvgIpc) is 3.27. The lowest BCUT2D eigenvalue weighted by molar-refractivity contribution is -0.144. The number of amides is 2. The fraction of sp³-hybridized carbons (Fsp3) is 0.833. The number of ether oxygens (including phenoxy) is 1. The highest BCUT2D eigenvalue weighted by molar-refractivity contribution is 5.92. The molecule has 1 unspecified atom stereocenters. The van der Waals surface area contributed by atoms with Crippen molar-refractivity contribution in [2.75, 3.05) is 45.9 Å². The van der Waals surface area contributed by atoms with Crippen LogP contribution in [0.25, 0.3) is 0 Å². The second kappa shape index (κ2) is 9.17. The quantitative estimate of drug-likeness (QED) is 0.653. The van der Waals surface area contributed by atoms with Gasteiger partial charge in [-0.15, -0.1) is 0 Å². The Hall–Kier alpha value is -1.63. The van der Waals surface area contributed by atoms with E-state index in [4.69, 9.17) is 4.74 Å². The molecule has 2 rings (SSSR count). The fourth-order valence-corrected chi connectivity index (χ4v) is 3.54. The molecule has 2 atom stereocenters. The minimum Gasteiger partial charge on any atom is -0.478 e. The predicted octanol–water partition coefficient (Wildman–Crippen LogP) is 0.985. The Morgan fingerprint density at radius 3 is 2.48 bits per heavy atom. The Labute approximate surface area is 151 Å². The zero-order chi connectivity index (χ0) is 18.4. The molecule has 2 amide bonds. The summed E-state index contributed by atoms with van der Waals surface area (Å²) >= 11 is 0. The van der Waals surface area contributed by atoms with Gasteiger partial charge in [0.15, 0.2) is 11.9 Å². The topological polar surface area (TPSA) is 65.5 Å². The summed E-state index contributed by atoms with van der Waals surface area (Å²) in [6.07, 6.45) is 1.61. The highest BCUT2D eigenvalue weighted by atomic mass is 16.5. The third-order valence-electron chi connectivity index (χ3n) is 5.17. The van der Waals surface area contributed by atoms with Crippen LogP contribution in [-0.4, -0.2) is 90.4 Å². The molecule has 1 saturated heterocycles. The van der Waals surface area contributed by atoms with Crippen molar-refractivity contribution < 1.29 is 14.3 Å². The molecule has 2 aliphatic rings. The summed E-state index contributed by atoms with van der Waals surface area (Å²) in [5, 5.41) is 0. The number of rotatable bonds is 8. The summed E-state index contributed by atoms with van der Waals surface area (Å²) in [5.74, 6) is 0.544. The molecule has 0 radical (unpaired) electrons. The molecule has 0 aromatic rings. The molecular formula is C18H32N4O3. The van der Waals surface area contributed by atoms with E-state index < -0.39 is 6.04 Å². The third kappa shape index (κ3) is 4.71. The van der Waals surface area contributed by atoms with Gasteiger partial charge in [0.2, 0.25) is 5.91 Å². The molecule has 25 heavy (non-hydrogen) atoms. The molecule has 2 heterocycles. The van der Waals surface area contributed by atoms with Crippen molar-refractivity contribution in [1.29, 1.82) is 0 Å². The first-order valence-electron chi connectivity index (χ1n) is 9.50. The molecule has 0 N–H and O–H groups in total. The van der Waals surface area contributed by atoms with Crippen molar-refractivity contribution in [1.82, 2.24) is 14.7 Å². The van der Waals surface area contributed by atoms with Crippen molar-refractivity contribution in [3.8, 4) is 0 Å². The molecule has 0 aliphatic carbocycles. The molecule has 2 aliphatic heterocycles. The van der Waals surface area contributed by atoms with Gasteiger partial charge in [0.1, 0.15) is 12.6 Å². The second-order valence-corrected chi connectivity index (χ2v) is 6.61. The zero-order valence-corrected chi connectivity index (χ0v) is 16.0. The number of aliphatic imine (C=N–C) groups is 1. The molecule has 7 heteroatoms. The number of carbonyl (C=O) groups excluding carboxylic acids is 2. The number of hydrogen-bond acceptors (Lipinski definition) is 5. The predicted molar refractivity (Wildman–Crippen MR) is 97.6 cm³/mol. The highest BCUT2D eigenvalue weighted by Gasteiger charge is 2.39. The first-order valence-corrected chi connectivity index (χ1v) is 9.50. The van der Waals surface area contributed by atoms with Gasteiger partial charge in [-0.3, -0.25) is 9.59 Å². The van der Waals surface area contributed by atoms with Crippen LogP contribution in [0.1, 0.15) is 40.5 Å². The van der Waals surface area contributed by atoms with Crippen molar-refractivity contribution in [3.63, 3.8) is 0 Å². The van der Waals surface area contributed by atoms with Gasteiger partial charge in [-0.1, -0.05) is 13.8 Å². The smallest absolute Gasteiger partial charge is 0.251 e. The van der Waals surface area contributed by atoms with E-state index in [0.717, 1.165) is 32.5 Å². The Morgan fingerprint density at radius 2 is 1.92 bits per heavy atom. The van der Waals surface area contributed by atoms with Gasteiger partial charge in [-0.2, -0.15) is 0 Å². The van der Waals surface area contributed by atoms with Crippen LogP contribution in [0.15, 0.2) is 4.99 Å². The summed E-state index contributed by atoms with van der Waals surface area (Å²) < 4.78 is 5.30. The van der Waals surface area contributed by atoms with Gasteiger partial charge in [0.25, 0.3) is 5.91 Å². The summed E-state index contributed by atoms with van der Waals surface area (Å²) in [4.78, 5) is 35.9. The summed E-state index contributed by atoms with van der Waals surface area (Å²) in [5.41, 5.74) is 0. The van der Waals surface area contributed by atoms with Crippen molar-refractivity contribution in [2.45, 2.75) is 52.6 Å². The normalized spacial score (nSPS) is 22.9. The number of carbonyl (C=O) groups is 2. The zero-order valence-electron chi connectivity index (χ0n) is 16.0. The van der Waals surface area contributed by atoms with Gasteiger partial charge in [0.05, 0.1) is 0 Å². The fourth-order valence-electron chi connectivity index (χ4n) is 3.54. The number of nitrogens with zero attached hydrogens (tertiary/aromatic N) is 4. The summed E-state index contributed by atoms with van der Waals surface area (Å²) in [6.45, 7) is 13.1. The molecule has 7 nitrogen and oxygen atoms in total. The molecule has 0 aromatic heterocycles. The molecule has 0 saturated carbocycles. The first kappa shape index (κ1) is 19.7. The lowest BCUT2D eigenvalue weighted by atomic mass is 10.1. The van der Waals surface area contributed by atoms with Gasteiger partial charge < -0.3 is 19.4 Å². The Bertz CT molecular complexity index is 505. The molecular weight excluding hydrogens is 320 g/mol. The lowest BCUT2D eigenvalue weighted by Gasteiger charge is -2.31. The Kier molecular flexibility index (Phi) is 7.23. The lowest BCUT2D eigenvalue weighted by Crippen LogP contribution is -2.51. The minimum absolute atomic E-state index is 0.0696. The average molecular weight is 352 g/mol. The van der Waals surface area contributed by atoms with E-state index in [0.29, 0.717) is 32.1 Å². The molecule has 0 spiro atoms. The van der Waals surface area contributed by atoms with Crippen LogP contribution in [0, 0.1) is 0 Å². The van der Waals surface area contributed by atoms with E-state index in [9.17, 15) is 9.59 Å². The van der Waals surface area contributed by atoms with E-state index in [1.54, 1.807) is 11.8 Å². The first-order chi connectivity index (χ1) is 12.0. The molecule has 0 aromatic carbocycles. The van der Waals surface area contributed by atoms with Crippen LogP contribution in [0.3, 0.4) is 0 Å². The van der Waals surface area contributed by atoms with Crippen LogP contribution in [0.4, 0.5) is 0 Å². The van der Waals surface area contributed by atoms with Gasteiger partial charge in [-0.05, 0) is 32.9 Å². The van der Waals surface area contributed by atoms with E-state index >= 15 is 0 Å². The standard InChI is InChI=1S/C18H32N4O3/c1-5-20(6-2)11-12-21(7-3)18(24)16-9-8-10-22(16)17(23)15-13-25-14(4)19-15/h15-16H,5-13H2,1-4H3/t15?,16-/m0/s1. The molecule has 1 fully saturated rings. The van der Waals surface area contributed by atoms with Crippen LogP contribution >= 0.6 is 0 Å². The number of likely N-dealkylation sites (tertiary alicyclic amines) is 1. The summed E-state index contributed by atoms with van der Waals surface area (Å²) in [7, 11) is 0. The molecule has 142 valence electrons. The van der Waals surface area contributed by atoms with Gasteiger partial charge in [-0.25, -0.2) is 4.99 Å². The van der Waals surface area contributed by atoms with Gasteiger partial charge in [0, 0.05) is 33.1 Å². The molecule has 0 bridgehead atoms. The van der Waals surface area contributed by atoms with Crippen molar-refractivity contribution in [3.05, 3.63) is 0 Å². The SMILES string of the molecule is CCN(CC)CCN(CC)C(=O)[C@@H]1CCCN1C(=O)C1COC(C)=N1. The Morgan fingerprint density at radius 1 is 1.20 bits per heavy atom. The maximum absolute atomic E-state index is 13.0. The maximum Gasteiger partial charge on any atom is 0.251 e. The van der Waals surface area contributed by atoms with Crippen LogP contribution < -0.4 is 0 Å². The van der Waals surface area contributed by atoms with E-state index in [2.05, 4.69) is 23.7 Å².